The topological polar surface area (TPSA) is 18.5 Å². The molecule has 0 bridgehead atoms. The molecule has 1 atom stereocenters. The van der Waals surface area contributed by atoms with E-state index < -0.39 is 0 Å². The summed E-state index contributed by atoms with van der Waals surface area (Å²) in [6.07, 6.45) is 5.52. The van der Waals surface area contributed by atoms with Crippen LogP contribution in [0.3, 0.4) is 0 Å². The van der Waals surface area contributed by atoms with Crippen LogP contribution in [0.5, 0.6) is 0 Å². The summed E-state index contributed by atoms with van der Waals surface area (Å²) in [4.78, 5) is 5.09. The zero-order valence-electron chi connectivity index (χ0n) is 10.4. The van der Waals surface area contributed by atoms with E-state index in [0.717, 1.165) is 6.04 Å². The molecule has 2 fully saturated rings. The highest BCUT2D eigenvalue weighted by atomic mass is 15.3. The minimum atomic E-state index is 0.503. The lowest BCUT2D eigenvalue weighted by Gasteiger charge is -2.49. The Morgan fingerprint density at radius 1 is 1.40 bits per heavy atom. The molecule has 1 unspecified atom stereocenters. The largest absolute Gasteiger partial charge is 0.316 e. The zero-order valence-corrected chi connectivity index (χ0v) is 10.4. The number of likely N-dealkylation sites (N-methyl/N-ethyl adjacent to an activating group) is 2. The lowest BCUT2D eigenvalue weighted by Crippen LogP contribution is -2.57. The summed E-state index contributed by atoms with van der Waals surface area (Å²) in [6, 6.07) is 0.726. The Labute approximate surface area is 93.8 Å². The van der Waals surface area contributed by atoms with Crippen LogP contribution >= 0.6 is 0 Å². The predicted molar refractivity (Wildman–Crippen MR) is 64.2 cm³/mol. The molecule has 1 aliphatic heterocycles. The van der Waals surface area contributed by atoms with E-state index in [2.05, 4.69) is 36.3 Å². The van der Waals surface area contributed by atoms with Crippen molar-refractivity contribution in [1.29, 1.82) is 0 Å². The smallest absolute Gasteiger partial charge is 0.0330 e. The molecule has 0 aromatic rings. The number of nitrogens with zero attached hydrogens (tertiary/aromatic N) is 2. The van der Waals surface area contributed by atoms with Gasteiger partial charge in [0.1, 0.15) is 0 Å². The van der Waals surface area contributed by atoms with Gasteiger partial charge in [-0.05, 0) is 53.4 Å². The van der Waals surface area contributed by atoms with Gasteiger partial charge in [0, 0.05) is 24.7 Å². The first kappa shape index (κ1) is 11.4. The van der Waals surface area contributed by atoms with Crippen LogP contribution in [0.2, 0.25) is 0 Å². The molecule has 0 aromatic carbocycles. The molecule has 0 radical (unpaired) electrons. The van der Waals surface area contributed by atoms with Crippen LogP contribution in [0, 0.1) is 0 Å². The lowest BCUT2D eigenvalue weighted by molar-refractivity contribution is 0.0267. The average Bonchev–Trinajstić information content (AvgIpc) is 2.58. The first-order valence-electron chi connectivity index (χ1n) is 6.23. The van der Waals surface area contributed by atoms with Crippen molar-refractivity contribution in [1.82, 2.24) is 15.1 Å². The van der Waals surface area contributed by atoms with Gasteiger partial charge in [-0.25, -0.2) is 0 Å². The van der Waals surface area contributed by atoms with Crippen molar-refractivity contribution in [2.45, 2.75) is 37.3 Å². The van der Waals surface area contributed by atoms with Gasteiger partial charge in [0.15, 0.2) is 0 Å². The standard InChI is InChI=1S/C12H25N3/c1-13-11-5-8-15(9-11)10-12(14(2)3)6-4-7-12/h11,13H,4-10H2,1-3H3. The molecule has 3 nitrogen and oxygen atoms in total. The van der Waals surface area contributed by atoms with E-state index in [1.54, 1.807) is 0 Å². The molecule has 1 saturated carbocycles. The van der Waals surface area contributed by atoms with Crippen molar-refractivity contribution in [3.63, 3.8) is 0 Å². The summed E-state index contributed by atoms with van der Waals surface area (Å²) in [6.45, 7) is 3.80. The average molecular weight is 211 g/mol. The molecule has 15 heavy (non-hydrogen) atoms. The SMILES string of the molecule is CNC1CCN(CC2(N(C)C)CCC2)C1. The molecule has 1 aliphatic carbocycles. The summed E-state index contributed by atoms with van der Waals surface area (Å²) in [5, 5.41) is 3.39. The Balaban J connectivity index is 1.86. The zero-order chi connectivity index (χ0) is 10.9. The maximum absolute atomic E-state index is 3.39. The second kappa shape index (κ2) is 4.40. The molecule has 2 rings (SSSR count). The Morgan fingerprint density at radius 3 is 2.53 bits per heavy atom. The maximum Gasteiger partial charge on any atom is 0.0330 e. The number of hydrogen-bond acceptors (Lipinski definition) is 3. The number of hydrogen-bond donors (Lipinski definition) is 1. The van der Waals surface area contributed by atoms with Gasteiger partial charge in [-0.1, -0.05) is 0 Å². The normalized spacial score (nSPS) is 30.8. The maximum atomic E-state index is 3.39. The molecule has 2 aliphatic rings. The highest BCUT2D eigenvalue weighted by Gasteiger charge is 2.41. The lowest BCUT2D eigenvalue weighted by atomic mass is 9.75. The van der Waals surface area contributed by atoms with E-state index in [9.17, 15) is 0 Å². The number of likely N-dealkylation sites (tertiary alicyclic amines) is 1. The van der Waals surface area contributed by atoms with Crippen LogP contribution < -0.4 is 5.32 Å². The fraction of sp³-hybridized carbons (Fsp3) is 1.00. The van der Waals surface area contributed by atoms with Crippen LogP contribution in [0.1, 0.15) is 25.7 Å². The molecule has 0 amide bonds. The van der Waals surface area contributed by atoms with Crippen LogP contribution in [0.15, 0.2) is 0 Å². The Kier molecular flexibility index (Phi) is 3.33. The summed E-state index contributed by atoms with van der Waals surface area (Å²) in [7, 11) is 6.56. The van der Waals surface area contributed by atoms with Crippen molar-refractivity contribution in [3.05, 3.63) is 0 Å². The van der Waals surface area contributed by atoms with Crippen LogP contribution in [0.25, 0.3) is 0 Å². The molecule has 88 valence electrons. The van der Waals surface area contributed by atoms with E-state index in [1.165, 1.54) is 45.3 Å². The Morgan fingerprint density at radius 2 is 2.13 bits per heavy atom. The summed E-state index contributed by atoms with van der Waals surface area (Å²) >= 11 is 0. The third-order valence-electron chi connectivity index (χ3n) is 4.43. The highest BCUT2D eigenvalue weighted by molar-refractivity contribution is 4.99. The van der Waals surface area contributed by atoms with E-state index in [4.69, 9.17) is 0 Å². The van der Waals surface area contributed by atoms with E-state index in [1.807, 2.05) is 0 Å². The van der Waals surface area contributed by atoms with Gasteiger partial charge < -0.3 is 10.2 Å². The first-order chi connectivity index (χ1) is 7.16. The summed E-state index contributed by atoms with van der Waals surface area (Å²) < 4.78 is 0. The van der Waals surface area contributed by atoms with Gasteiger partial charge in [-0.2, -0.15) is 0 Å². The summed E-state index contributed by atoms with van der Waals surface area (Å²) in [5.74, 6) is 0. The second-order valence-electron chi connectivity index (χ2n) is 5.48. The fourth-order valence-corrected chi connectivity index (χ4v) is 2.96. The van der Waals surface area contributed by atoms with Gasteiger partial charge in [0.05, 0.1) is 0 Å². The van der Waals surface area contributed by atoms with Crippen LogP contribution in [-0.2, 0) is 0 Å². The van der Waals surface area contributed by atoms with Crippen LogP contribution in [-0.4, -0.2) is 62.2 Å². The molecule has 0 aromatic heterocycles. The predicted octanol–water partition coefficient (Wildman–Crippen LogP) is 0.764. The highest BCUT2D eigenvalue weighted by Crippen LogP contribution is 2.37. The number of rotatable bonds is 4. The van der Waals surface area contributed by atoms with Gasteiger partial charge in [-0.3, -0.25) is 4.90 Å². The molecular formula is C12H25N3. The molecule has 3 heteroatoms. The minimum absolute atomic E-state index is 0.503. The van der Waals surface area contributed by atoms with Gasteiger partial charge in [0.25, 0.3) is 0 Å². The van der Waals surface area contributed by atoms with Crippen molar-refractivity contribution < 1.29 is 0 Å². The van der Waals surface area contributed by atoms with Crippen molar-refractivity contribution >= 4 is 0 Å². The third kappa shape index (κ3) is 2.19. The third-order valence-corrected chi connectivity index (χ3v) is 4.43. The molecule has 1 N–H and O–H groups in total. The van der Waals surface area contributed by atoms with Crippen molar-refractivity contribution in [3.8, 4) is 0 Å². The molecule has 1 heterocycles. The summed E-state index contributed by atoms with van der Waals surface area (Å²) in [5.41, 5.74) is 0.503. The van der Waals surface area contributed by atoms with E-state index in [0.29, 0.717) is 5.54 Å². The second-order valence-corrected chi connectivity index (χ2v) is 5.48. The van der Waals surface area contributed by atoms with Crippen LogP contribution in [0.4, 0.5) is 0 Å². The van der Waals surface area contributed by atoms with Crippen molar-refractivity contribution in [2.24, 2.45) is 0 Å². The quantitative estimate of drug-likeness (QED) is 0.741. The van der Waals surface area contributed by atoms with E-state index in [-0.39, 0.29) is 0 Å². The number of nitrogens with one attached hydrogen (secondary N) is 1. The minimum Gasteiger partial charge on any atom is -0.316 e. The van der Waals surface area contributed by atoms with Crippen molar-refractivity contribution in [2.75, 3.05) is 40.8 Å². The Hall–Kier alpha value is -0.120. The van der Waals surface area contributed by atoms with E-state index >= 15 is 0 Å². The van der Waals surface area contributed by atoms with Gasteiger partial charge in [0.2, 0.25) is 0 Å². The Bertz CT molecular complexity index is 211. The monoisotopic (exact) mass is 211 g/mol. The molecule has 0 spiro atoms. The van der Waals surface area contributed by atoms with Gasteiger partial charge >= 0.3 is 0 Å². The first-order valence-corrected chi connectivity index (χ1v) is 6.23. The van der Waals surface area contributed by atoms with Gasteiger partial charge in [-0.15, -0.1) is 0 Å². The molecule has 1 saturated heterocycles. The molecular weight excluding hydrogens is 186 g/mol. The fourth-order valence-electron chi connectivity index (χ4n) is 2.96.